The third kappa shape index (κ3) is 3.24. The summed E-state index contributed by atoms with van der Waals surface area (Å²) in [5, 5.41) is 17.0. The van der Waals surface area contributed by atoms with Crippen LogP contribution < -0.4 is 10.1 Å². The lowest BCUT2D eigenvalue weighted by molar-refractivity contribution is -0.384. The smallest absolute Gasteiger partial charge is 0.292 e. The van der Waals surface area contributed by atoms with Crippen molar-refractivity contribution in [1.82, 2.24) is 4.98 Å². The van der Waals surface area contributed by atoms with Crippen LogP contribution in [0.3, 0.4) is 0 Å². The Hall–Kier alpha value is -2.15. The lowest BCUT2D eigenvalue weighted by Crippen LogP contribution is -2.11. The fourth-order valence-electron chi connectivity index (χ4n) is 1.77. The fraction of sp³-hybridized carbons (Fsp3) is 0.308. The van der Waals surface area contributed by atoms with E-state index < -0.39 is 4.92 Å². The summed E-state index contributed by atoms with van der Waals surface area (Å²) < 4.78 is 5.10. The molecule has 1 atom stereocenters. The number of methoxy groups -OCH3 is 1. The van der Waals surface area contributed by atoms with E-state index in [1.807, 2.05) is 12.3 Å². The first kappa shape index (κ1) is 14.3. The van der Waals surface area contributed by atoms with Gasteiger partial charge in [0.2, 0.25) is 0 Å². The summed E-state index contributed by atoms with van der Waals surface area (Å²) in [7, 11) is 1.53. The number of thiazole rings is 1. The molecule has 1 aromatic carbocycles. The highest BCUT2D eigenvalue weighted by Crippen LogP contribution is 2.29. The Morgan fingerprint density at radius 3 is 2.95 bits per heavy atom. The molecular weight excluding hydrogens is 278 g/mol. The SMILES string of the molecule is COc1ccc([N+](=O)[O-])c(NCC(C)c2nccs2)c1. The quantitative estimate of drug-likeness (QED) is 0.653. The number of rotatable bonds is 6. The maximum absolute atomic E-state index is 11.0. The molecule has 2 aromatic rings. The Morgan fingerprint density at radius 2 is 2.35 bits per heavy atom. The van der Waals surface area contributed by atoms with E-state index in [1.54, 1.807) is 29.7 Å². The van der Waals surface area contributed by atoms with Gasteiger partial charge in [-0.2, -0.15) is 0 Å². The Labute approximate surface area is 120 Å². The molecule has 0 saturated carbocycles. The van der Waals surface area contributed by atoms with Gasteiger partial charge in [-0.25, -0.2) is 4.98 Å². The lowest BCUT2D eigenvalue weighted by Gasteiger charge is -2.12. The van der Waals surface area contributed by atoms with Crippen LogP contribution in [0.1, 0.15) is 17.8 Å². The molecule has 0 radical (unpaired) electrons. The van der Waals surface area contributed by atoms with Gasteiger partial charge in [0.25, 0.3) is 5.69 Å². The van der Waals surface area contributed by atoms with Crippen LogP contribution in [0.2, 0.25) is 0 Å². The van der Waals surface area contributed by atoms with Gasteiger partial charge in [0.15, 0.2) is 0 Å². The minimum absolute atomic E-state index is 0.0390. The zero-order chi connectivity index (χ0) is 14.5. The minimum Gasteiger partial charge on any atom is -0.497 e. The molecule has 1 N–H and O–H groups in total. The average molecular weight is 293 g/mol. The second kappa shape index (κ2) is 6.33. The number of ether oxygens (including phenoxy) is 1. The van der Waals surface area contributed by atoms with Crippen molar-refractivity contribution in [3.05, 3.63) is 44.9 Å². The van der Waals surface area contributed by atoms with Crippen molar-refractivity contribution >= 4 is 22.7 Å². The van der Waals surface area contributed by atoms with E-state index in [9.17, 15) is 10.1 Å². The summed E-state index contributed by atoms with van der Waals surface area (Å²) in [5.41, 5.74) is 0.495. The fourth-order valence-corrected chi connectivity index (χ4v) is 2.47. The molecule has 0 amide bonds. The van der Waals surface area contributed by atoms with Gasteiger partial charge in [-0.05, 0) is 6.07 Å². The average Bonchev–Trinajstić information content (AvgIpc) is 2.98. The van der Waals surface area contributed by atoms with Crippen molar-refractivity contribution < 1.29 is 9.66 Å². The Bertz CT molecular complexity index is 587. The molecule has 0 spiro atoms. The summed E-state index contributed by atoms with van der Waals surface area (Å²) in [6.45, 7) is 2.60. The molecule has 0 bridgehead atoms. The minimum atomic E-state index is -0.407. The molecule has 0 aliphatic carbocycles. The predicted octanol–water partition coefficient (Wildman–Crippen LogP) is 3.28. The molecule has 0 saturated heterocycles. The molecular formula is C13H15N3O3S. The highest BCUT2D eigenvalue weighted by atomic mass is 32.1. The molecule has 6 nitrogen and oxygen atoms in total. The van der Waals surface area contributed by atoms with Gasteiger partial charge in [-0.15, -0.1) is 11.3 Å². The molecule has 2 rings (SSSR count). The zero-order valence-corrected chi connectivity index (χ0v) is 12.0. The van der Waals surface area contributed by atoms with Gasteiger partial charge in [0, 0.05) is 36.2 Å². The third-order valence-electron chi connectivity index (χ3n) is 2.87. The molecule has 1 unspecified atom stereocenters. The number of anilines is 1. The summed E-state index contributed by atoms with van der Waals surface area (Å²) in [6, 6.07) is 4.65. The number of hydrogen-bond acceptors (Lipinski definition) is 6. The number of nitrogens with zero attached hydrogens (tertiary/aromatic N) is 2. The number of hydrogen-bond donors (Lipinski definition) is 1. The maximum Gasteiger partial charge on any atom is 0.292 e. The van der Waals surface area contributed by atoms with Crippen molar-refractivity contribution in [3.8, 4) is 5.75 Å². The molecule has 1 heterocycles. The molecule has 0 aliphatic rings. The lowest BCUT2D eigenvalue weighted by atomic mass is 10.2. The van der Waals surface area contributed by atoms with Crippen LogP contribution in [0.15, 0.2) is 29.8 Å². The van der Waals surface area contributed by atoms with Gasteiger partial charge in [-0.1, -0.05) is 6.92 Å². The summed E-state index contributed by atoms with van der Waals surface area (Å²) in [5.74, 6) is 0.765. The van der Waals surface area contributed by atoms with Crippen molar-refractivity contribution in [1.29, 1.82) is 0 Å². The summed E-state index contributed by atoms with van der Waals surface area (Å²) in [4.78, 5) is 14.8. The second-order valence-corrected chi connectivity index (χ2v) is 5.22. The van der Waals surface area contributed by atoms with Gasteiger partial charge in [0.1, 0.15) is 11.4 Å². The topological polar surface area (TPSA) is 77.3 Å². The van der Waals surface area contributed by atoms with Crippen LogP contribution in [0.4, 0.5) is 11.4 Å². The van der Waals surface area contributed by atoms with E-state index >= 15 is 0 Å². The van der Waals surface area contributed by atoms with Crippen LogP contribution in [-0.4, -0.2) is 23.6 Å². The zero-order valence-electron chi connectivity index (χ0n) is 11.2. The Kier molecular flexibility index (Phi) is 4.52. The van der Waals surface area contributed by atoms with E-state index in [-0.39, 0.29) is 11.6 Å². The monoisotopic (exact) mass is 293 g/mol. The molecule has 20 heavy (non-hydrogen) atoms. The molecule has 1 aromatic heterocycles. The van der Waals surface area contributed by atoms with E-state index in [4.69, 9.17) is 4.74 Å². The first-order valence-corrected chi connectivity index (χ1v) is 6.95. The number of benzene rings is 1. The number of aromatic nitrogens is 1. The van der Waals surface area contributed by atoms with Crippen molar-refractivity contribution in [2.24, 2.45) is 0 Å². The van der Waals surface area contributed by atoms with E-state index in [2.05, 4.69) is 10.3 Å². The van der Waals surface area contributed by atoms with Gasteiger partial charge < -0.3 is 10.1 Å². The van der Waals surface area contributed by atoms with Crippen molar-refractivity contribution in [3.63, 3.8) is 0 Å². The van der Waals surface area contributed by atoms with Gasteiger partial charge >= 0.3 is 0 Å². The first-order valence-electron chi connectivity index (χ1n) is 6.07. The highest BCUT2D eigenvalue weighted by Gasteiger charge is 2.16. The first-order chi connectivity index (χ1) is 9.61. The third-order valence-corrected chi connectivity index (χ3v) is 3.88. The van der Waals surface area contributed by atoms with Gasteiger partial charge in [-0.3, -0.25) is 10.1 Å². The highest BCUT2D eigenvalue weighted by molar-refractivity contribution is 7.09. The number of nitro groups is 1. The molecule has 106 valence electrons. The standard InChI is InChI=1S/C13H15N3O3S/c1-9(13-14-5-6-20-13)8-15-11-7-10(19-2)3-4-12(11)16(17)18/h3-7,9,15H,8H2,1-2H3. The molecule has 0 fully saturated rings. The molecule has 0 aliphatic heterocycles. The second-order valence-electron chi connectivity index (χ2n) is 4.29. The maximum atomic E-state index is 11.0. The largest absolute Gasteiger partial charge is 0.497 e. The van der Waals surface area contributed by atoms with Crippen LogP contribution in [0.25, 0.3) is 0 Å². The number of nitro benzene ring substituents is 1. The Morgan fingerprint density at radius 1 is 1.55 bits per heavy atom. The van der Waals surface area contributed by atoms with Crippen LogP contribution in [0.5, 0.6) is 5.75 Å². The van der Waals surface area contributed by atoms with Gasteiger partial charge in [0.05, 0.1) is 17.0 Å². The summed E-state index contributed by atoms with van der Waals surface area (Å²) >= 11 is 1.57. The Balaban J connectivity index is 2.13. The van der Waals surface area contributed by atoms with E-state index in [1.165, 1.54) is 13.2 Å². The van der Waals surface area contributed by atoms with Crippen molar-refractivity contribution in [2.45, 2.75) is 12.8 Å². The molecule has 7 heteroatoms. The van der Waals surface area contributed by atoms with Crippen molar-refractivity contribution in [2.75, 3.05) is 19.0 Å². The van der Waals surface area contributed by atoms with E-state index in [0.717, 1.165) is 5.01 Å². The van der Waals surface area contributed by atoms with Crippen LogP contribution in [0, 0.1) is 10.1 Å². The predicted molar refractivity (Wildman–Crippen MR) is 78.7 cm³/mol. The summed E-state index contributed by atoms with van der Waals surface area (Å²) in [6.07, 6.45) is 1.75. The normalized spacial score (nSPS) is 11.9. The van der Waals surface area contributed by atoms with Crippen LogP contribution >= 0.6 is 11.3 Å². The van der Waals surface area contributed by atoms with Crippen LogP contribution in [-0.2, 0) is 0 Å². The van der Waals surface area contributed by atoms with E-state index in [0.29, 0.717) is 18.0 Å². The number of nitrogens with one attached hydrogen (secondary N) is 1.